The van der Waals surface area contributed by atoms with Gasteiger partial charge in [0, 0.05) is 17.1 Å². The summed E-state index contributed by atoms with van der Waals surface area (Å²) in [6.07, 6.45) is 3.55. The van der Waals surface area contributed by atoms with Crippen molar-refractivity contribution in [3.05, 3.63) is 70.2 Å². The second-order valence-electron chi connectivity index (χ2n) is 5.25. The average Bonchev–Trinajstić information content (AvgIpc) is 2.48. The molecule has 106 valence electrons. The number of rotatable bonds is 7. The van der Waals surface area contributed by atoms with Crippen molar-refractivity contribution in [1.29, 1.82) is 0 Å². The van der Waals surface area contributed by atoms with Gasteiger partial charge >= 0.3 is 0 Å². The van der Waals surface area contributed by atoms with Gasteiger partial charge in [-0.1, -0.05) is 64.5 Å². The second kappa shape index (κ2) is 8.23. The quantitative estimate of drug-likeness (QED) is 0.756. The fraction of sp³-hybridized carbons (Fsp3) is 0.333. The largest absolute Gasteiger partial charge is 0.310 e. The molecule has 0 spiro atoms. The number of benzene rings is 2. The highest BCUT2D eigenvalue weighted by Crippen LogP contribution is 2.18. The number of nitrogens with one attached hydrogen (secondary N) is 1. The Bertz CT molecular complexity index is 510. The second-order valence-corrected chi connectivity index (χ2v) is 6.11. The van der Waals surface area contributed by atoms with Crippen LogP contribution in [0.25, 0.3) is 0 Å². The van der Waals surface area contributed by atoms with Gasteiger partial charge in [0.05, 0.1) is 0 Å². The molecule has 0 bridgehead atoms. The highest BCUT2D eigenvalue weighted by atomic mass is 79.9. The van der Waals surface area contributed by atoms with Gasteiger partial charge in [-0.15, -0.1) is 0 Å². The van der Waals surface area contributed by atoms with E-state index in [0.29, 0.717) is 6.04 Å². The summed E-state index contributed by atoms with van der Waals surface area (Å²) >= 11 is 3.61. The molecule has 1 unspecified atom stereocenters. The van der Waals surface area contributed by atoms with E-state index in [0.717, 1.165) is 13.0 Å². The maximum absolute atomic E-state index is 3.61. The van der Waals surface area contributed by atoms with Crippen molar-refractivity contribution in [1.82, 2.24) is 5.32 Å². The molecule has 0 aliphatic heterocycles. The van der Waals surface area contributed by atoms with Gasteiger partial charge in [0.2, 0.25) is 0 Å². The van der Waals surface area contributed by atoms with Crippen molar-refractivity contribution in [3.8, 4) is 0 Å². The Hall–Kier alpha value is -1.12. The Balaban J connectivity index is 1.68. The first-order chi connectivity index (χ1) is 9.75. The van der Waals surface area contributed by atoms with Crippen LogP contribution in [-0.4, -0.2) is 6.04 Å². The average molecular weight is 332 g/mol. The molecule has 0 radical (unpaired) electrons. The monoisotopic (exact) mass is 331 g/mol. The third kappa shape index (κ3) is 5.10. The smallest absolute Gasteiger partial charge is 0.0207 e. The van der Waals surface area contributed by atoms with Crippen molar-refractivity contribution in [2.24, 2.45) is 0 Å². The normalized spacial score (nSPS) is 12.3. The molecular weight excluding hydrogens is 310 g/mol. The first-order valence-electron chi connectivity index (χ1n) is 7.26. The number of hydrogen-bond donors (Lipinski definition) is 1. The summed E-state index contributed by atoms with van der Waals surface area (Å²) < 4.78 is 1.23. The van der Waals surface area contributed by atoms with Crippen LogP contribution in [0.3, 0.4) is 0 Å². The van der Waals surface area contributed by atoms with E-state index in [9.17, 15) is 0 Å². The van der Waals surface area contributed by atoms with Gasteiger partial charge in [0.25, 0.3) is 0 Å². The molecule has 0 saturated heterocycles. The molecule has 2 rings (SSSR count). The topological polar surface area (TPSA) is 12.0 Å². The lowest BCUT2D eigenvalue weighted by atomic mass is 10.1. The van der Waals surface area contributed by atoms with Gasteiger partial charge in [-0.2, -0.15) is 0 Å². The van der Waals surface area contributed by atoms with Crippen LogP contribution in [-0.2, 0) is 13.0 Å². The lowest BCUT2D eigenvalue weighted by Crippen LogP contribution is -2.25. The molecule has 2 aromatic rings. The van der Waals surface area contributed by atoms with Gasteiger partial charge in [0.1, 0.15) is 0 Å². The van der Waals surface area contributed by atoms with E-state index in [2.05, 4.69) is 82.8 Å². The Kier molecular flexibility index (Phi) is 6.28. The van der Waals surface area contributed by atoms with E-state index in [1.807, 2.05) is 0 Å². The number of halogens is 1. The molecule has 20 heavy (non-hydrogen) atoms. The SMILES string of the molecule is CC(CCCc1ccccc1Br)NCc1ccccc1. The van der Waals surface area contributed by atoms with E-state index in [4.69, 9.17) is 0 Å². The van der Waals surface area contributed by atoms with Crippen molar-refractivity contribution < 1.29 is 0 Å². The Morgan fingerprint density at radius 3 is 2.45 bits per heavy atom. The lowest BCUT2D eigenvalue weighted by Gasteiger charge is -2.14. The predicted octanol–water partition coefficient (Wildman–Crippen LogP) is 4.95. The first kappa shape index (κ1) is 15.3. The fourth-order valence-electron chi connectivity index (χ4n) is 2.29. The Morgan fingerprint density at radius 2 is 1.70 bits per heavy atom. The third-order valence-corrected chi connectivity index (χ3v) is 4.31. The summed E-state index contributed by atoms with van der Waals surface area (Å²) in [5.41, 5.74) is 2.76. The summed E-state index contributed by atoms with van der Waals surface area (Å²) in [5, 5.41) is 3.59. The van der Waals surface area contributed by atoms with Crippen molar-refractivity contribution in [3.63, 3.8) is 0 Å². The van der Waals surface area contributed by atoms with Gasteiger partial charge in [-0.25, -0.2) is 0 Å². The summed E-state index contributed by atoms with van der Waals surface area (Å²) in [5.74, 6) is 0. The fourth-order valence-corrected chi connectivity index (χ4v) is 2.77. The lowest BCUT2D eigenvalue weighted by molar-refractivity contribution is 0.498. The van der Waals surface area contributed by atoms with Crippen LogP contribution in [0.1, 0.15) is 30.9 Å². The van der Waals surface area contributed by atoms with Gasteiger partial charge in [0.15, 0.2) is 0 Å². The van der Waals surface area contributed by atoms with Crippen LogP contribution in [0.15, 0.2) is 59.1 Å². The summed E-state index contributed by atoms with van der Waals surface area (Å²) in [7, 11) is 0. The van der Waals surface area contributed by atoms with Crippen LogP contribution >= 0.6 is 15.9 Å². The molecule has 1 N–H and O–H groups in total. The highest BCUT2D eigenvalue weighted by Gasteiger charge is 2.03. The molecular formula is C18H22BrN. The number of aryl methyl sites for hydroxylation is 1. The molecule has 0 heterocycles. The van der Waals surface area contributed by atoms with Gasteiger partial charge in [-0.05, 0) is 43.4 Å². The number of hydrogen-bond acceptors (Lipinski definition) is 1. The molecule has 2 heteroatoms. The minimum absolute atomic E-state index is 0.553. The molecule has 2 aromatic carbocycles. The zero-order valence-electron chi connectivity index (χ0n) is 12.0. The van der Waals surface area contributed by atoms with Crippen LogP contribution in [0.4, 0.5) is 0 Å². The van der Waals surface area contributed by atoms with Crippen molar-refractivity contribution in [2.45, 2.75) is 38.8 Å². The van der Waals surface area contributed by atoms with E-state index in [1.54, 1.807) is 0 Å². The zero-order valence-corrected chi connectivity index (χ0v) is 13.6. The van der Waals surface area contributed by atoms with Crippen LogP contribution < -0.4 is 5.32 Å². The van der Waals surface area contributed by atoms with Crippen LogP contribution in [0.5, 0.6) is 0 Å². The summed E-state index contributed by atoms with van der Waals surface area (Å²) in [6, 6.07) is 19.6. The highest BCUT2D eigenvalue weighted by molar-refractivity contribution is 9.10. The van der Waals surface area contributed by atoms with Crippen molar-refractivity contribution >= 4 is 15.9 Å². The minimum atomic E-state index is 0.553. The third-order valence-electron chi connectivity index (χ3n) is 3.54. The standard InChI is InChI=1S/C18H22BrN/c1-15(20-14-16-9-3-2-4-10-16)8-7-12-17-11-5-6-13-18(17)19/h2-6,9-11,13,15,20H,7-8,12,14H2,1H3. The molecule has 0 amide bonds. The predicted molar refractivity (Wildman–Crippen MR) is 89.8 cm³/mol. The molecule has 0 aliphatic rings. The Morgan fingerprint density at radius 1 is 1.00 bits per heavy atom. The maximum atomic E-state index is 3.61. The first-order valence-corrected chi connectivity index (χ1v) is 8.05. The van der Waals surface area contributed by atoms with Crippen LogP contribution in [0, 0.1) is 0 Å². The van der Waals surface area contributed by atoms with E-state index in [1.165, 1.54) is 28.4 Å². The maximum Gasteiger partial charge on any atom is 0.0207 e. The summed E-state index contributed by atoms with van der Waals surface area (Å²) in [6.45, 7) is 3.22. The molecule has 0 aromatic heterocycles. The van der Waals surface area contributed by atoms with Gasteiger partial charge < -0.3 is 5.32 Å². The van der Waals surface area contributed by atoms with Crippen LogP contribution in [0.2, 0.25) is 0 Å². The molecule has 1 nitrogen and oxygen atoms in total. The van der Waals surface area contributed by atoms with Crippen molar-refractivity contribution in [2.75, 3.05) is 0 Å². The van der Waals surface area contributed by atoms with E-state index < -0.39 is 0 Å². The molecule has 0 saturated carbocycles. The van der Waals surface area contributed by atoms with E-state index in [-0.39, 0.29) is 0 Å². The molecule has 0 aliphatic carbocycles. The molecule has 1 atom stereocenters. The van der Waals surface area contributed by atoms with E-state index >= 15 is 0 Å². The molecule has 0 fully saturated rings. The zero-order chi connectivity index (χ0) is 14.2. The Labute approximate surface area is 130 Å². The summed E-state index contributed by atoms with van der Waals surface area (Å²) in [4.78, 5) is 0. The van der Waals surface area contributed by atoms with Gasteiger partial charge in [-0.3, -0.25) is 0 Å². The minimum Gasteiger partial charge on any atom is -0.310 e.